The lowest BCUT2D eigenvalue weighted by Crippen LogP contribution is -2.27. The van der Waals surface area contributed by atoms with Gasteiger partial charge in [0.15, 0.2) is 10.0 Å². The fourth-order valence-corrected chi connectivity index (χ4v) is 1.44. The Balaban J connectivity index is 0. The third kappa shape index (κ3) is 13.5. The maximum absolute atomic E-state index is 11.3. The molecule has 0 saturated carbocycles. The molecule has 0 aromatic rings. The Morgan fingerprint density at radius 1 is 0.941 bits per heavy atom. The smallest absolute Gasteiger partial charge is 0.400 e. The summed E-state index contributed by atoms with van der Waals surface area (Å²) in [6.07, 6.45) is 0. The molecule has 12 heteroatoms. The Bertz CT molecular complexity index is 428. The summed E-state index contributed by atoms with van der Waals surface area (Å²) in [5, 5.41) is 0. The van der Waals surface area contributed by atoms with Gasteiger partial charge in [0.25, 0.3) is 0 Å². The van der Waals surface area contributed by atoms with Gasteiger partial charge in [-0.15, -0.1) is 3.89 Å². The minimum absolute atomic E-state index is 0.965. The van der Waals surface area contributed by atoms with Gasteiger partial charge in [-0.25, -0.2) is 16.8 Å². The van der Waals surface area contributed by atoms with Crippen molar-refractivity contribution in [2.45, 2.75) is 5.51 Å². The molecule has 0 aliphatic rings. The van der Waals surface area contributed by atoms with Crippen molar-refractivity contribution in [1.29, 1.82) is 0 Å². The van der Waals surface area contributed by atoms with Crippen LogP contribution < -0.4 is 0 Å². The molecular weight excluding hydrogens is 292 g/mol. The highest BCUT2D eigenvalue weighted by Crippen LogP contribution is 2.29. The molecule has 0 atom stereocenters. The summed E-state index contributed by atoms with van der Waals surface area (Å²) < 4.78 is 85.3. The Morgan fingerprint density at radius 3 is 1.24 bits per heavy atom. The van der Waals surface area contributed by atoms with E-state index in [2.05, 4.69) is 28.2 Å². The highest BCUT2D eigenvalue weighted by Gasteiger charge is 2.40. The van der Waals surface area contributed by atoms with Gasteiger partial charge in [-0.05, 0) is 0 Å². The quantitative estimate of drug-likeness (QED) is 0.428. The molecule has 0 bridgehead atoms. The van der Waals surface area contributed by atoms with E-state index in [1.54, 1.807) is 0 Å². The zero-order valence-electron chi connectivity index (χ0n) is 9.36. The van der Waals surface area contributed by atoms with Crippen molar-refractivity contribution in [1.82, 2.24) is 0 Å². The zero-order valence-corrected chi connectivity index (χ0v) is 11.0. The van der Waals surface area contributed by atoms with Crippen LogP contribution in [0.5, 0.6) is 0 Å². The molecule has 0 heterocycles. The molecule has 0 aromatic heterocycles. The number of sulfonamides is 1. The van der Waals surface area contributed by atoms with Crippen LogP contribution in [0.25, 0.3) is 4.13 Å². The number of hydrogen-bond acceptors (Lipinski definition) is 4. The molecular formula is C5H12F4N2O4S2. The highest BCUT2D eigenvalue weighted by molar-refractivity contribution is 8.10. The number of halogens is 4. The number of quaternary nitrogens is 1. The molecule has 0 unspecified atom stereocenters. The monoisotopic (exact) mass is 304 g/mol. The van der Waals surface area contributed by atoms with E-state index in [9.17, 15) is 33.9 Å². The Hall–Kier alpha value is -0.460. The lowest BCUT2D eigenvalue weighted by Gasteiger charge is -2.16. The lowest BCUT2D eigenvalue weighted by atomic mass is 10.8. The summed E-state index contributed by atoms with van der Waals surface area (Å²) in [6.45, 7) is 0. The predicted molar refractivity (Wildman–Crippen MR) is 52.3 cm³/mol. The molecule has 0 radical (unpaired) electrons. The van der Waals surface area contributed by atoms with Gasteiger partial charge in [-0.1, -0.05) is 0 Å². The lowest BCUT2D eigenvalue weighted by molar-refractivity contribution is -0.849. The van der Waals surface area contributed by atoms with E-state index in [0.29, 0.717) is 0 Å². The minimum atomic E-state index is -6.29. The highest BCUT2D eigenvalue weighted by atomic mass is 32.3. The van der Waals surface area contributed by atoms with Gasteiger partial charge < -0.3 is 8.61 Å². The summed E-state index contributed by atoms with van der Waals surface area (Å²) >= 11 is 0. The Kier molecular flexibility index (Phi) is 6.06. The van der Waals surface area contributed by atoms with E-state index in [0.717, 1.165) is 8.61 Å². The van der Waals surface area contributed by atoms with Crippen LogP contribution in [-0.2, 0) is 20.4 Å². The molecule has 0 fully saturated rings. The molecule has 0 N–H and O–H groups in total. The van der Waals surface area contributed by atoms with Gasteiger partial charge in [-0.2, -0.15) is 13.2 Å². The van der Waals surface area contributed by atoms with Crippen LogP contribution in [0.3, 0.4) is 0 Å². The fourth-order valence-electron chi connectivity index (χ4n) is 0.159. The fraction of sp³-hybridized carbons (Fsp3) is 1.00. The van der Waals surface area contributed by atoms with Crippen LogP contribution in [0.4, 0.5) is 17.1 Å². The first-order valence-corrected chi connectivity index (χ1v) is 6.53. The normalized spacial score (nSPS) is 13.9. The van der Waals surface area contributed by atoms with E-state index in [1.807, 2.05) is 0 Å². The van der Waals surface area contributed by atoms with Gasteiger partial charge in [-0.3, -0.25) is 0 Å². The van der Waals surface area contributed by atoms with E-state index in [-0.39, 0.29) is 0 Å². The van der Waals surface area contributed by atoms with Crippen molar-refractivity contribution in [3.05, 3.63) is 4.13 Å². The third-order valence-electron chi connectivity index (χ3n) is 0.480. The zero-order chi connectivity index (χ0) is 14.7. The van der Waals surface area contributed by atoms with Crippen molar-refractivity contribution in [2.75, 3.05) is 28.2 Å². The van der Waals surface area contributed by atoms with E-state index in [1.165, 1.54) is 0 Å². The first kappa shape index (κ1) is 18.9. The molecule has 0 aliphatic carbocycles. The summed E-state index contributed by atoms with van der Waals surface area (Å²) in [5.41, 5.74) is -5.91. The summed E-state index contributed by atoms with van der Waals surface area (Å²) in [4.78, 5) is 0. The van der Waals surface area contributed by atoms with Gasteiger partial charge >= 0.3 is 5.51 Å². The average Bonchev–Trinajstić information content (AvgIpc) is 1.71. The van der Waals surface area contributed by atoms with Crippen molar-refractivity contribution < 1.29 is 38.4 Å². The van der Waals surface area contributed by atoms with Gasteiger partial charge in [0, 0.05) is 0 Å². The SMILES string of the molecule is C[N+](C)(C)C.O=S(=O)(F)[N-]S(=O)(=O)C(F)(F)F. The molecule has 0 saturated heterocycles. The van der Waals surface area contributed by atoms with Crippen LogP contribution in [0, 0.1) is 0 Å². The van der Waals surface area contributed by atoms with Crippen LogP contribution >= 0.6 is 0 Å². The maximum atomic E-state index is 11.3. The van der Waals surface area contributed by atoms with Crippen LogP contribution in [0.15, 0.2) is 0 Å². The first-order valence-electron chi connectivity index (χ1n) is 3.75. The van der Waals surface area contributed by atoms with E-state index >= 15 is 0 Å². The second-order valence-corrected chi connectivity index (χ2v) is 6.92. The number of rotatable bonds is 2. The third-order valence-corrected chi connectivity index (χ3v) is 2.56. The standard InChI is InChI=1S/C4H12N.CF4NO4S2/c1-5(2,3)4;2-1(3,4)11(7,8)6-12(5,9)10/h1-4H3;/q+1;-1. The molecule has 17 heavy (non-hydrogen) atoms. The second kappa shape index (κ2) is 5.46. The maximum Gasteiger partial charge on any atom is 0.480 e. The topological polar surface area (TPSA) is 82.4 Å². The van der Waals surface area contributed by atoms with Crippen molar-refractivity contribution >= 4 is 20.4 Å². The summed E-state index contributed by atoms with van der Waals surface area (Å²) in [5.74, 6) is 0. The molecule has 106 valence electrons. The molecule has 0 amide bonds. The Labute approximate surface area is 97.2 Å². The molecule has 0 aliphatic heterocycles. The van der Waals surface area contributed by atoms with Gasteiger partial charge in [0.05, 0.1) is 28.2 Å². The molecule has 0 spiro atoms. The second-order valence-electron chi connectivity index (χ2n) is 4.09. The van der Waals surface area contributed by atoms with Crippen LogP contribution in [0.2, 0.25) is 0 Å². The largest absolute Gasteiger partial charge is 0.480 e. The van der Waals surface area contributed by atoms with Crippen molar-refractivity contribution in [2.24, 2.45) is 0 Å². The van der Waals surface area contributed by atoms with E-state index in [4.69, 9.17) is 0 Å². The minimum Gasteiger partial charge on any atom is -0.400 e. The van der Waals surface area contributed by atoms with Crippen LogP contribution in [-0.4, -0.2) is 55.0 Å². The van der Waals surface area contributed by atoms with Gasteiger partial charge in [0.1, 0.15) is 0 Å². The Morgan fingerprint density at radius 2 is 1.18 bits per heavy atom. The number of nitrogens with zero attached hydrogens (tertiary/aromatic N) is 2. The average molecular weight is 304 g/mol. The summed E-state index contributed by atoms with van der Waals surface area (Å²) in [6, 6.07) is 0. The summed E-state index contributed by atoms with van der Waals surface area (Å²) in [7, 11) is -3.84. The van der Waals surface area contributed by atoms with Crippen LogP contribution in [0.1, 0.15) is 0 Å². The van der Waals surface area contributed by atoms with E-state index < -0.39 is 25.9 Å². The van der Waals surface area contributed by atoms with Gasteiger partial charge in [0.2, 0.25) is 10.4 Å². The molecule has 0 aromatic carbocycles. The van der Waals surface area contributed by atoms with Crippen molar-refractivity contribution in [3.8, 4) is 0 Å². The molecule has 0 rings (SSSR count). The molecule has 6 nitrogen and oxygen atoms in total. The number of hydrogen-bond donors (Lipinski definition) is 0. The first-order chi connectivity index (χ1) is 6.96. The predicted octanol–water partition coefficient (Wildman–Crippen LogP) is 0.746. The number of alkyl halides is 3. The van der Waals surface area contributed by atoms with Crippen molar-refractivity contribution in [3.63, 3.8) is 0 Å².